The van der Waals surface area contributed by atoms with Crippen molar-refractivity contribution >= 4 is 27.8 Å². The van der Waals surface area contributed by atoms with Gasteiger partial charge in [0.15, 0.2) is 46.0 Å². The van der Waals surface area contributed by atoms with E-state index in [0.29, 0.717) is 231 Å². The number of rotatable bonds is 21. The molecule has 8 rings (SSSR count). The number of nitrogens with two attached hydrogens (primary N) is 4. The quantitative estimate of drug-likeness (QED) is 0.0188. The molecule has 2 aliphatic rings. The molecule has 0 bridgehead atoms. The summed E-state index contributed by atoms with van der Waals surface area (Å²) in [5.41, 5.74) is 26.7. The normalized spacial score (nSPS) is 15.6. The third-order valence-electron chi connectivity index (χ3n) is 18.5. The first-order valence-electron chi connectivity index (χ1n) is 46.9. The molecule has 140 heavy (non-hydrogen) atoms. The minimum Gasteiger partial charge on any atom is -0.487 e. The maximum absolute atomic E-state index is 12.0. The third-order valence-corrected chi connectivity index (χ3v) is 18.5. The van der Waals surface area contributed by atoms with Gasteiger partial charge >= 0.3 is 78.2 Å². The number of unbranched alkanes of at least 4 members (excludes halogenated alkanes) is 3. The summed E-state index contributed by atoms with van der Waals surface area (Å²) in [7, 11) is -15.3. The first-order chi connectivity index (χ1) is 65.9. The van der Waals surface area contributed by atoms with Crippen LogP contribution in [0.3, 0.4) is 0 Å². The van der Waals surface area contributed by atoms with Gasteiger partial charge in [0, 0.05) is 13.1 Å². The van der Waals surface area contributed by atoms with Crippen molar-refractivity contribution in [1.82, 2.24) is 21.3 Å². The van der Waals surface area contributed by atoms with Crippen molar-refractivity contribution in [1.29, 1.82) is 0 Å². The monoisotopic (exact) mass is 2060 g/mol. The second-order valence-corrected chi connectivity index (χ2v) is 38.3. The summed E-state index contributed by atoms with van der Waals surface area (Å²) in [5, 5.41) is 12.7. The number of benzene rings is 6. The van der Waals surface area contributed by atoms with Gasteiger partial charge in [-0.1, -0.05) is 181 Å². The standard InChI is InChI=1S/C46H78N4O4.2C24H32O8.4CH5N.2F6P/c1-43(2,3)37-29-35(30-38(33-37)44(4,5)6)19-25-47-21-17-27-53-41(51)49-23-15-13-14-16-24-50-42(52)54-28-18-22-48-26-20-36-31-39(45(7,8)9)34-40(32-36)46(10,11)12;2*1-2-6-22-21(5-1)29-17-13-25-9-10-27-15-19-31-23-7-3-4-8-24(23)32-20-16-28-12-11-26-14-18-30-22;4*1-2;2*1-7(2,3,4,5)6/h29-34,47-48H,13-28H2,1-12H3,(H,49,51)(H,50,52);2*1-8H,9-20H2;4*2H2,1H3;;/q;;;;;;;2*-1. The van der Waals surface area contributed by atoms with E-state index in [0.717, 1.165) is 77.5 Å². The zero-order valence-electron chi connectivity index (χ0n) is 84.9. The minimum absolute atomic E-state index is 0.119. The molecule has 810 valence electrons. The molecule has 0 saturated carbocycles. The van der Waals surface area contributed by atoms with Crippen LogP contribution in [0.15, 0.2) is 133 Å². The molecule has 0 fully saturated rings. The zero-order chi connectivity index (χ0) is 105. The van der Waals surface area contributed by atoms with E-state index in [4.69, 9.17) is 85.3 Å². The van der Waals surface area contributed by atoms with E-state index in [9.17, 15) is 60.0 Å². The first-order valence-corrected chi connectivity index (χ1v) is 51.0. The van der Waals surface area contributed by atoms with E-state index in [1.165, 1.54) is 61.6 Å². The van der Waals surface area contributed by atoms with Crippen LogP contribution in [-0.4, -0.2) is 251 Å². The number of carbonyl (C=O) groups excluding carboxylic acids is 2. The molecule has 0 aliphatic carbocycles. The van der Waals surface area contributed by atoms with Crippen LogP contribution in [0.2, 0.25) is 0 Å². The number of alkyl carbamates (subject to hydrolysis) is 2. The van der Waals surface area contributed by atoms with Crippen LogP contribution in [0.4, 0.5) is 60.0 Å². The van der Waals surface area contributed by atoms with Gasteiger partial charge in [0.1, 0.15) is 52.9 Å². The molecule has 42 heteroatoms. The smallest absolute Gasteiger partial charge is 0.161 e. The van der Waals surface area contributed by atoms with E-state index in [-0.39, 0.29) is 33.8 Å². The maximum atomic E-state index is 12.0. The van der Waals surface area contributed by atoms with Crippen molar-refractivity contribution < 1.29 is 145 Å². The Morgan fingerprint density at radius 2 is 0.436 bits per heavy atom. The predicted octanol–water partition coefficient (Wildman–Crippen LogP) is 20.7. The molecule has 0 unspecified atom stereocenters. The summed E-state index contributed by atoms with van der Waals surface area (Å²) in [6.07, 6.45) is 6.49. The van der Waals surface area contributed by atoms with Crippen molar-refractivity contribution in [3.63, 3.8) is 0 Å². The van der Waals surface area contributed by atoms with E-state index in [2.05, 4.69) is 164 Å². The predicted molar refractivity (Wildman–Crippen MR) is 531 cm³/mol. The maximum Gasteiger partial charge on any atom is 0.161 e. The Labute approximate surface area is 821 Å². The molecule has 6 aromatic rings. The van der Waals surface area contributed by atoms with Crippen molar-refractivity contribution in [2.24, 2.45) is 22.9 Å². The van der Waals surface area contributed by atoms with Gasteiger partial charge in [-0.2, -0.15) is 0 Å². The van der Waals surface area contributed by atoms with Crippen LogP contribution in [0.5, 0.6) is 46.0 Å². The van der Waals surface area contributed by atoms with Crippen LogP contribution >= 0.6 is 15.6 Å². The second kappa shape index (κ2) is 69.6. The molecule has 0 spiro atoms. The van der Waals surface area contributed by atoms with E-state index >= 15 is 0 Å². The Balaban J connectivity index is 0.00000193. The third kappa shape index (κ3) is 77.3. The van der Waals surface area contributed by atoms with E-state index in [1.807, 2.05) is 97.1 Å². The molecule has 0 atom stereocenters. The fraction of sp³-hybridized carbons (Fsp3) is 0.612. The first kappa shape index (κ1) is 132. The van der Waals surface area contributed by atoms with Gasteiger partial charge in [0.05, 0.1) is 119 Å². The number of para-hydroxylation sites is 8. The number of carbonyl (C=O) groups is 2. The molecule has 0 aromatic heterocycles. The van der Waals surface area contributed by atoms with Crippen LogP contribution in [0, 0.1) is 0 Å². The Hall–Kier alpha value is -8.28. The van der Waals surface area contributed by atoms with E-state index < -0.39 is 15.6 Å². The van der Waals surface area contributed by atoms with Gasteiger partial charge in [0.25, 0.3) is 0 Å². The van der Waals surface area contributed by atoms with Crippen LogP contribution < -0.4 is 82.1 Å². The van der Waals surface area contributed by atoms with Gasteiger partial charge in [-0.15, -0.1) is 0 Å². The summed E-state index contributed by atoms with van der Waals surface area (Å²) < 4.78 is 220. The number of hydrogen-bond donors (Lipinski definition) is 8. The molecule has 2 amide bonds. The number of amides is 2. The number of hydrogen-bond acceptors (Lipinski definition) is 26. The van der Waals surface area contributed by atoms with Crippen LogP contribution in [0.25, 0.3) is 0 Å². The topological polar surface area (TPSA) is 352 Å². The van der Waals surface area contributed by atoms with Crippen LogP contribution in [0.1, 0.15) is 155 Å². The number of nitrogens with one attached hydrogen (secondary N) is 4. The van der Waals surface area contributed by atoms with Gasteiger partial charge in [-0.05, 0) is 196 Å². The van der Waals surface area contributed by atoms with Gasteiger partial charge in [-0.25, -0.2) is 9.59 Å². The fourth-order valence-electron chi connectivity index (χ4n) is 11.7. The number of ether oxygens (including phenoxy) is 18. The Kier molecular flexibility index (Phi) is 65.5. The molecular weight excluding hydrogens is 1900 g/mol. The Morgan fingerprint density at radius 3 is 0.607 bits per heavy atom. The van der Waals surface area contributed by atoms with Crippen molar-refractivity contribution in [2.45, 2.75) is 156 Å². The van der Waals surface area contributed by atoms with Gasteiger partial charge in [-0.3, -0.25) is 0 Å². The van der Waals surface area contributed by atoms with Crippen molar-refractivity contribution in [3.8, 4) is 46.0 Å². The molecule has 0 saturated heterocycles. The largest absolute Gasteiger partial charge is 0.487 e. The SMILES string of the molecule is CC(C)(C)c1cc(CCNCCCOC(=O)NCCCCCCNC(=O)OCCCNCCc2cc(C(C)(C)C)cc(C(C)(C)C)c2)cc(C(C)(C)C)c1.CN.CN.CN.CN.F[P-](F)(F)(F)(F)F.F[P-](F)(F)(F)(F)F.c1ccc2c(c1)OCCOCCOCCOc1ccccc1OCCOCCOCCO2.c1ccc2c(c1)OCCOCCOCCOc1ccccc1OCCOCCOCCO2. The minimum atomic E-state index is -10.7. The second-order valence-electron chi connectivity index (χ2n) is 34.5. The zero-order valence-corrected chi connectivity index (χ0v) is 86.7. The molecule has 0 radical (unpaired) electrons. The fourth-order valence-corrected chi connectivity index (χ4v) is 11.7. The van der Waals surface area contributed by atoms with Crippen LogP contribution in [-0.2, 0) is 81.9 Å². The Bertz CT molecular complexity index is 3610. The summed E-state index contributed by atoms with van der Waals surface area (Å²) in [6, 6.07) is 44.3. The van der Waals surface area contributed by atoms with Crippen molar-refractivity contribution in [2.75, 3.05) is 239 Å². The molecular formula is C98H162F12N8O20P2-2. The molecule has 12 N–H and O–H groups in total. The summed E-state index contributed by atoms with van der Waals surface area (Å²) in [5.74, 6) is 5.46. The van der Waals surface area contributed by atoms with Gasteiger partial charge in [0.2, 0.25) is 0 Å². The number of halogens is 12. The molecule has 6 aromatic carbocycles. The molecule has 2 heterocycles. The van der Waals surface area contributed by atoms with E-state index in [1.54, 1.807) is 0 Å². The average Bonchev–Trinajstić information content (AvgIpc) is 0.683. The summed E-state index contributed by atoms with van der Waals surface area (Å²) in [4.78, 5) is 24.1. The number of fused-ring (bicyclic) bond motifs is 4. The van der Waals surface area contributed by atoms with Crippen molar-refractivity contribution in [3.05, 3.63) is 167 Å². The molecule has 2 aliphatic heterocycles. The summed E-state index contributed by atoms with van der Waals surface area (Å²) in [6.45, 7) is 43.6. The Morgan fingerprint density at radius 1 is 0.264 bits per heavy atom. The molecule has 28 nitrogen and oxygen atoms in total. The van der Waals surface area contributed by atoms with Gasteiger partial charge < -0.3 is 129 Å². The summed E-state index contributed by atoms with van der Waals surface area (Å²) >= 11 is 0. The average molecular weight is 2060 g/mol.